The van der Waals surface area contributed by atoms with Crippen LogP contribution < -0.4 is 5.73 Å². The van der Waals surface area contributed by atoms with Gasteiger partial charge in [-0.3, -0.25) is 4.79 Å². The quantitative estimate of drug-likeness (QED) is 0.861. The Hall–Kier alpha value is -1.51. The number of amides is 1. The van der Waals surface area contributed by atoms with Crippen LogP contribution in [-0.4, -0.2) is 43.9 Å². The summed E-state index contributed by atoms with van der Waals surface area (Å²) < 4.78 is 44.2. The Balaban J connectivity index is 2.24. The zero-order chi connectivity index (χ0) is 15.6. The topological polar surface area (TPSA) is 89.7 Å². The van der Waals surface area contributed by atoms with Gasteiger partial charge in [0.1, 0.15) is 11.9 Å². The summed E-state index contributed by atoms with van der Waals surface area (Å²) in [6.45, 7) is 1.88. The molecule has 21 heavy (non-hydrogen) atoms. The molecule has 0 aliphatic carbocycles. The number of halogens is 1. The van der Waals surface area contributed by atoms with E-state index in [4.69, 9.17) is 10.5 Å². The molecule has 1 aliphatic rings. The summed E-state index contributed by atoms with van der Waals surface area (Å²) in [7, 11) is -3.75. The van der Waals surface area contributed by atoms with Gasteiger partial charge < -0.3 is 10.5 Å². The van der Waals surface area contributed by atoms with Gasteiger partial charge in [0.15, 0.2) is 0 Å². The molecular weight excluding hydrogens is 299 g/mol. The average molecular weight is 316 g/mol. The smallest absolute Gasteiger partial charge is 0.238 e. The van der Waals surface area contributed by atoms with Crippen LogP contribution in [0.3, 0.4) is 0 Å². The van der Waals surface area contributed by atoms with Crippen molar-refractivity contribution in [2.24, 2.45) is 5.73 Å². The fourth-order valence-corrected chi connectivity index (χ4v) is 4.11. The number of ether oxygens (including phenoxy) is 1. The van der Waals surface area contributed by atoms with Gasteiger partial charge in [-0.2, -0.15) is 4.31 Å². The predicted octanol–water partition coefficient (Wildman–Crippen LogP) is 0.230. The highest BCUT2D eigenvalue weighted by Gasteiger charge is 2.40. The third kappa shape index (κ3) is 3.58. The van der Waals surface area contributed by atoms with Gasteiger partial charge in [-0.25, -0.2) is 12.8 Å². The maximum Gasteiger partial charge on any atom is 0.238 e. The van der Waals surface area contributed by atoms with Crippen LogP contribution in [0.4, 0.5) is 4.39 Å². The molecule has 0 bridgehead atoms. The van der Waals surface area contributed by atoms with Crippen LogP contribution in [0.25, 0.3) is 0 Å². The molecule has 1 fully saturated rings. The monoisotopic (exact) mass is 316 g/mol. The van der Waals surface area contributed by atoms with Gasteiger partial charge in [-0.15, -0.1) is 0 Å². The SMILES string of the molecule is C[C@H]1OCCN(S(=O)(=O)Cc2ccc(F)cc2)[C@@H]1C(N)=O. The van der Waals surface area contributed by atoms with E-state index in [0.29, 0.717) is 5.56 Å². The first-order chi connectivity index (χ1) is 9.81. The molecule has 1 saturated heterocycles. The van der Waals surface area contributed by atoms with Crippen LogP contribution in [0, 0.1) is 5.82 Å². The highest BCUT2D eigenvalue weighted by Crippen LogP contribution is 2.21. The summed E-state index contributed by atoms with van der Waals surface area (Å²) in [4.78, 5) is 11.5. The molecule has 1 aromatic carbocycles. The first-order valence-corrected chi connectivity index (χ1v) is 8.07. The number of sulfonamides is 1. The first kappa shape index (κ1) is 15.9. The summed E-state index contributed by atoms with van der Waals surface area (Å²) in [6.07, 6.45) is -0.598. The van der Waals surface area contributed by atoms with E-state index in [0.717, 1.165) is 4.31 Å². The second kappa shape index (κ2) is 6.08. The molecule has 1 aromatic rings. The van der Waals surface area contributed by atoms with Crippen LogP contribution in [-0.2, 0) is 25.3 Å². The van der Waals surface area contributed by atoms with Crippen LogP contribution in [0.1, 0.15) is 12.5 Å². The van der Waals surface area contributed by atoms with E-state index in [1.54, 1.807) is 6.92 Å². The number of morpholine rings is 1. The standard InChI is InChI=1S/C13H17FN2O4S/c1-9-12(13(15)17)16(6-7-20-9)21(18,19)8-10-2-4-11(14)5-3-10/h2-5,9,12H,6-8H2,1H3,(H2,15,17)/t9-,12+/m1/s1. The van der Waals surface area contributed by atoms with Crippen molar-refractivity contribution in [3.05, 3.63) is 35.6 Å². The molecule has 2 N–H and O–H groups in total. The Morgan fingerprint density at radius 3 is 2.62 bits per heavy atom. The highest BCUT2D eigenvalue weighted by atomic mass is 32.2. The average Bonchev–Trinajstić information content (AvgIpc) is 2.40. The maximum absolute atomic E-state index is 12.9. The van der Waals surface area contributed by atoms with Crippen molar-refractivity contribution < 1.29 is 22.3 Å². The third-order valence-corrected chi connectivity index (χ3v) is 5.18. The zero-order valence-electron chi connectivity index (χ0n) is 11.5. The minimum absolute atomic E-state index is 0.0709. The lowest BCUT2D eigenvalue weighted by atomic mass is 10.1. The summed E-state index contributed by atoms with van der Waals surface area (Å²) >= 11 is 0. The molecule has 0 saturated carbocycles. The van der Waals surface area contributed by atoms with E-state index < -0.39 is 33.9 Å². The van der Waals surface area contributed by atoms with Crippen molar-refractivity contribution in [1.29, 1.82) is 0 Å². The number of carbonyl (C=O) groups is 1. The summed E-state index contributed by atoms with van der Waals surface area (Å²) in [5.74, 6) is -1.50. The molecule has 2 rings (SSSR count). The number of carbonyl (C=O) groups excluding carboxylic acids is 1. The third-order valence-electron chi connectivity index (χ3n) is 3.36. The van der Waals surface area contributed by atoms with Gasteiger partial charge in [0, 0.05) is 6.54 Å². The highest BCUT2D eigenvalue weighted by molar-refractivity contribution is 7.88. The van der Waals surface area contributed by atoms with Crippen molar-refractivity contribution in [3.63, 3.8) is 0 Å². The fourth-order valence-electron chi connectivity index (χ4n) is 2.35. The number of rotatable bonds is 4. The largest absolute Gasteiger partial charge is 0.375 e. The lowest BCUT2D eigenvalue weighted by Gasteiger charge is -2.36. The van der Waals surface area contributed by atoms with Crippen LogP contribution in [0.2, 0.25) is 0 Å². The Bertz CT molecular complexity index is 618. The van der Waals surface area contributed by atoms with Crippen LogP contribution in [0.15, 0.2) is 24.3 Å². The summed E-state index contributed by atoms with van der Waals surface area (Å²) in [5, 5.41) is 0. The molecule has 116 valence electrons. The van der Waals surface area contributed by atoms with Crippen molar-refractivity contribution in [3.8, 4) is 0 Å². The van der Waals surface area contributed by atoms with E-state index in [-0.39, 0.29) is 18.9 Å². The van der Waals surface area contributed by atoms with Crippen LogP contribution in [0.5, 0.6) is 0 Å². The van der Waals surface area contributed by atoms with E-state index in [1.165, 1.54) is 24.3 Å². The van der Waals surface area contributed by atoms with E-state index in [2.05, 4.69) is 0 Å². The summed E-state index contributed by atoms with van der Waals surface area (Å²) in [6, 6.07) is 4.16. The van der Waals surface area contributed by atoms with Crippen molar-refractivity contribution in [2.45, 2.75) is 24.8 Å². The molecule has 0 spiro atoms. The molecule has 1 amide bonds. The number of hydrogen-bond acceptors (Lipinski definition) is 4. The minimum atomic E-state index is -3.75. The lowest BCUT2D eigenvalue weighted by Crippen LogP contribution is -2.58. The molecule has 1 aliphatic heterocycles. The number of benzene rings is 1. The fraction of sp³-hybridized carbons (Fsp3) is 0.462. The second-order valence-corrected chi connectivity index (χ2v) is 6.84. The Morgan fingerprint density at radius 1 is 1.43 bits per heavy atom. The molecular formula is C13H17FN2O4S. The van der Waals surface area contributed by atoms with E-state index >= 15 is 0 Å². The molecule has 2 atom stereocenters. The molecule has 0 unspecified atom stereocenters. The molecule has 1 heterocycles. The minimum Gasteiger partial charge on any atom is -0.375 e. The van der Waals surface area contributed by atoms with E-state index in [9.17, 15) is 17.6 Å². The first-order valence-electron chi connectivity index (χ1n) is 6.46. The van der Waals surface area contributed by atoms with Crippen molar-refractivity contribution in [1.82, 2.24) is 4.31 Å². The number of hydrogen-bond donors (Lipinski definition) is 1. The molecule has 6 nitrogen and oxygen atoms in total. The molecule has 0 radical (unpaired) electrons. The van der Waals surface area contributed by atoms with Crippen molar-refractivity contribution >= 4 is 15.9 Å². The van der Waals surface area contributed by atoms with Gasteiger partial charge in [-0.05, 0) is 24.6 Å². The van der Waals surface area contributed by atoms with Gasteiger partial charge >= 0.3 is 0 Å². The normalized spacial score (nSPS) is 23.9. The second-order valence-electron chi connectivity index (χ2n) is 4.92. The molecule has 0 aromatic heterocycles. The number of primary amides is 1. The van der Waals surface area contributed by atoms with E-state index in [1.807, 2.05) is 0 Å². The van der Waals surface area contributed by atoms with Gasteiger partial charge in [0.25, 0.3) is 0 Å². The van der Waals surface area contributed by atoms with Gasteiger partial charge in [0.2, 0.25) is 15.9 Å². The van der Waals surface area contributed by atoms with Crippen molar-refractivity contribution in [2.75, 3.05) is 13.2 Å². The van der Waals surface area contributed by atoms with Gasteiger partial charge in [0.05, 0.1) is 18.5 Å². The lowest BCUT2D eigenvalue weighted by molar-refractivity contribution is -0.130. The predicted molar refractivity (Wildman–Crippen MR) is 74.1 cm³/mol. The maximum atomic E-state index is 12.9. The Labute approximate surface area is 122 Å². The number of nitrogens with two attached hydrogens (primary N) is 1. The molecule has 8 heteroatoms. The van der Waals surface area contributed by atoms with Crippen LogP contribution >= 0.6 is 0 Å². The zero-order valence-corrected chi connectivity index (χ0v) is 12.3. The Morgan fingerprint density at radius 2 is 2.05 bits per heavy atom. The summed E-state index contributed by atoms with van der Waals surface area (Å²) in [5.41, 5.74) is 5.73. The Kier molecular flexibility index (Phi) is 4.60. The van der Waals surface area contributed by atoms with Gasteiger partial charge in [-0.1, -0.05) is 12.1 Å². The number of nitrogens with zero attached hydrogens (tertiary/aromatic N) is 1.